The summed E-state index contributed by atoms with van der Waals surface area (Å²) in [6.07, 6.45) is 2.34. The van der Waals surface area contributed by atoms with Crippen LogP contribution in [0.5, 0.6) is 0 Å². The zero-order valence-corrected chi connectivity index (χ0v) is 12.4. The molecule has 5 heteroatoms. The second-order valence-electron chi connectivity index (χ2n) is 5.79. The zero-order valence-electron chi connectivity index (χ0n) is 12.4. The van der Waals surface area contributed by atoms with E-state index in [9.17, 15) is 4.79 Å². The number of hydrogen-bond acceptors (Lipinski definition) is 4. The summed E-state index contributed by atoms with van der Waals surface area (Å²) in [5.74, 6) is 0.315. The van der Waals surface area contributed by atoms with Crippen molar-refractivity contribution in [2.24, 2.45) is 0 Å². The third-order valence-corrected chi connectivity index (χ3v) is 4.30. The fourth-order valence-electron chi connectivity index (χ4n) is 2.93. The van der Waals surface area contributed by atoms with Gasteiger partial charge in [0.25, 0.3) is 0 Å². The monoisotopic (exact) mass is 268 g/mol. The van der Waals surface area contributed by atoms with Crippen molar-refractivity contribution in [1.82, 2.24) is 20.0 Å². The molecule has 0 saturated carbocycles. The van der Waals surface area contributed by atoms with E-state index >= 15 is 0 Å². The molecule has 0 unspecified atom stereocenters. The van der Waals surface area contributed by atoms with Gasteiger partial charge >= 0.3 is 0 Å². The molecule has 2 saturated heterocycles. The molecule has 2 heterocycles. The van der Waals surface area contributed by atoms with Gasteiger partial charge in [0.15, 0.2) is 0 Å². The van der Waals surface area contributed by atoms with Crippen molar-refractivity contribution in [2.45, 2.75) is 25.8 Å². The summed E-state index contributed by atoms with van der Waals surface area (Å²) in [5.41, 5.74) is 0. The maximum absolute atomic E-state index is 12.2. The molecule has 19 heavy (non-hydrogen) atoms. The Hall–Kier alpha value is -0.650. The van der Waals surface area contributed by atoms with Crippen molar-refractivity contribution < 1.29 is 4.79 Å². The van der Waals surface area contributed by atoms with E-state index in [1.807, 2.05) is 4.90 Å². The molecule has 0 spiro atoms. The van der Waals surface area contributed by atoms with Gasteiger partial charge in [0, 0.05) is 45.3 Å². The second kappa shape index (κ2) is 7.22. The van der Waals surface area contributed by atoms with Crippen molar-refractivity contribution >= 4 is 5.91 Å². The lowest BCUT2D eigenvalue weighted by Crippen LogP contribution is -2.51. The molecule has 0 radical (unpaired) electrons. The minimum absolute atomic E-state index is 0.315. The molecule has 1 N–H and O–H groups in total. The summed E-state index contributed by atoms with van der Waals surface area (Å²) in [5, 5.41) is 3.50. The molecule has 2 aliphatic rings. The quantitative estimate of drug-likeness (QED) is 0.769. The van der Waals surface area contributed by atoms with Crippen LogP contribution in [0.4, 0.5) is 0 Å². The first-order valence-corrected chi connectivity index (χ1v) is 7.61. The Bertz CT molecular complexity index is 281. The van der Waals surface area contributed by atoms with E-state index in [1.165, 1.54) is 12.8 Å². The molecule has 2 fully saturated rings. The smallest absolute Gasteiger partial charge is 0.236 e. The molecule has 0 aromatic heterocycles. The highest BCUT2D eigenvalue weighted by atomic mass is 16.2. The van der Waals surface area contributed by atoms with Gasteiger partial charge in [-0.05, 0) is 26.4 Å². The highest BCUT2D eigenvalue weighted by molar-refractivity contribution is 5.78. The molecule has 0 bridgehead atoms. The van der Waals surface area contributed by atoms with Crippen LogP contribution in [0.15, 0.2) is 0 Å². The van der Waals surface area contributed by atoms with E-state index in [4.69, 9.17) is 0 Å². The van der Waals surface area contributed by atoms with Gasteiger partial charge < -0.3 is 15.1 Å². The molecule has 0 aromatic rings. The number of amides is 1. The van der Waals surface area contributed by atoms with Crippen LogP contribution in [0.3, 0.4) is 0 Å². The third-order valence-electron chi connectivity index (χ3n) is 4.30. The second-order valence-corrected chi connectivity index (χ2v) is 5.79. The van der Waals surface area contributed by atoms with Gasteiger partial charge in [-0.25, -0.2) is 0 Å². The summed E-state index contributed by atoms with van der Waals surface area (Å²) in [6, 6.07) is 0.653. The number of likely N-dealkylation sites (tertiary alicyclic amines) is 1. The standard InChI is InChI=1S/C14H28N4O/c1-3-15-13-4-6-17(7-5-13)12-14(19)18-10-8-16(2)9-11-18/h13,15H,3-12H2,1-2H3. The van der Waals surface area contributed by atoms with Gasteiger partial charge in [0.05, 0.1) is 6.54 Å². The van der Waals surface area contributed by atoms with Crippen molar-refractivity contribution in [3.8, 4) is 0 Å². The fraction of sp³-hybridized carbons (Fsp3) is 0.929. The van der Waals surface area contributed by atoms with Crippen LogP contribution in [-0.2, 0) is 4.79 Å². The van der Waals surface area contributed by atoms with Gasteiger partial charge in [0.1, 0.15) is 0 Å². The summed E-state index contributed by atoms with van der Waals surface area (Å²) in [4.78, 5) is 18.9. The Balaban J connectivity index is 1.69. The fourth-order valence-corrected chi connectivity index (χ4v) is 2.93. The number of rotatable bonds is 4. The number of hydrogen-bond donors (Lipinski definition) is 1. The highest BCUT2D eigenvalue weighted by Crippen LogP contribution is 2.10. The highest BCUT2D eigenvalue weighted by Gasteiger charge is 2.24. The molecule has 5 nitrogen and oxygen atoms in total. The number of nitrogens with zero attached hydrogens (tertiary/aromatic N) is 3. The van der Waals surface area contributed by atoms with E-state index < -0.39 is 0 Å². The average molecular weight is 268 g/mol. The number of piperidine rings is 1. The van der Waals surface area contributed by atoms with Crippen LogP contribution in [0, 0.1) is 0 Å². The lowest BCUT2D eigenvalue weighted by atomic mass is 10.1. The van der Waals surface area contributed by atoms with E-state index in [0.717, 1.165) is 45.8 Å². The Kier molecular flexibility index (Phi) is 5.60. The molecule has 0 aromatic carbocycles. The van der Waals surface area contributed by atoms with Gasteiger partial charge in [0.2, 0.25) is 5.91 Å². The van der Waals surface area contributed by atoms with Gasteiger partial charge in [-0.3, -0.25) is 9.69 Å². The SMILES string of the molecule is CCNC1CCN(CC(=O)N2CCN(C)CC2)CC1. The molecule has 2 aliphatic heterocycles. The topological polar surface area (TPSA) is 38.8 Å². The summed E-state index contributed by atoms with van der Waals surface area (Å²) < 4.78 is 0. The van der Waals surface area contributed by atoms with Crippen molar-refractivity contribution in [3.63, 3.8) is 0 Å². The summed E-state index contributed by atoms with van der Waals surface area (Å²) in [7, 11) is 2.12. The molecular weight excluding hydrogens is 240 g/mol. The van der Waals surface area contributed by atoms with Crippen LogP contribution >= 0.6 is 0 Å². The molecular formula is C14H28N4O. The maximum atomic E-state index is 12.2. The number of piperazine rings is 1. The first-order chi connectivity index (χ1) is 9.19. The molecule has 0 aliphatic carbocycles. The van der Waals surface area contributed by atoms with Gasteiger partial charge in [-0.2, -0.15) is 0 Å². The lowest BCUT2D eigenvalue weighted by molar-refractivity contribution is -0.134. The van der Waals surface area contributed by atoms with Crippen molar-refractivity contribution in [3.05, 3.63) is 0 Å². The van der Waals surface area contributed by atoms with Gasteiger partial charge in [-0.1, -0.05) is 6.92 Å². The maximum Gasteiger partial charge on any atom is 0.236 e. The zero-order chi connectivity index (χ0) is 13.7. The number of carbonyl (C=O) groups excluding carboxylic acids is 1. The predicted molar refractivity (Wildman–Crippen MR) is 77.2 cm³/mol. The van der Waals surface area contributed by atoms with E-state index in [1.54, 1.807) is 0 Å². The third kappa shape index (κ3) is 4.44. The molecule has 0 atom stereocenters. The molecule has 2 rings (SSSR count). The van der Waals surface area contributed by atoms with Crippen molar-refractivity contribution in [2.75, 3.05) is 59.4 Å². The number of carbonyl (C=O) groups is 1. The van der Waals surface area contributed by atoms with Crippen LogP contribution < -0.4 is 5.32 Å². The van der Waals surface area contributed by atoms with Gasteiger partial charge in [-0.15, -0.1) is 0 Å². The summed E-state index contributed by atoms with van der Waals surface area (Å²) >= 11 is 0. The lowest BCUT2D eigenvalue weighted by Gasteiger charge is -2.36. The Morgan fingerprint density at radius 3 is 2.32 bits per heavy atom. The average Bonchev–Trinajstić information content (AvgIpc) is 2.42. The summed E-state index contributed by atoms with van der Waals surface area (Å²) in [6.45, 7) is 9.72. The largest absolute Gasteiger partial charge is 0.339 e. The van der Waals surface area contributed by atoms with Crippen LogP contribution in [0.2, 0.25) is 0 Å². The van der Waals surface area contributed by atoms with Crippen LogP contribution in [0.1, 0.15) is 19.8 Å². The Morgan fingerprint density at radius 2 is 1.74 bits per heavy atom. The molecule has 110 valence electrons. The number of nitrogens with one attached hydrogen (secondary N) is 1. The minimum atomic E-state index is 0.315. The normalized spacial score (nSPS) is 23.8. The minimum Gasteiger partial charge on any atom is -0.339 e. The first kappa shape index (κ1) is 14.8. The van der Waals surface area contributed by atoms with Crippen LogP contribution in [0.25, 0.3) is 0 Å². The Morgan fingerprint density at radius 1 is 1.11 bits per heavy atom. The van der Waals surface area contributed by atoms with E-state index in [2.05, 4.69) is 29.1 Å². The Labute approximate surface area is 116 Å². The predicted octanol–water partition coefficient (Wildman–Crippen LogP) is -0.166. The van der Waals surface area contributed by atoms with Crippen LogP contribution in [-0.4, -0.2) is 86.1 Å². The first-order valence-electron chi connectivity index (χ1n) is 7.61. The van der Waals surface area contributed by atoms with E-state index in [0.29, 0.717) is 18.5 Å². The number of likely N-dealkylation sites (N-methyl/N-ethyl adjacent to an activating group) is 1. The van der Waals surface area contributed by atoms with E-state index in [-0.39, 0.29) is 0 Å². The molecule has 1 amide bonds. The van der Waals surface area contributed by atoms with Crippen molar-refractivity contribution in [1.29, 1.82) is 0 Å².